The predicted octanol–water partition coefficient (Wildman–Crippen LogP) is 2.71. The van der Waals surface area contributed by atoms with E-state index in [9.17, 15) is 4.79 Å². The molecule has 0 spiro atoms. The predicted molar refractivity (Wildman–Crippen MR) is 99.5 cm³/mol. The minimum absolute atomic E-state index is 0.107. The van der Waals surface area contributed by atoms with Crippen LogP contribution in [0.1, 0.15) is 28.9 Å². The van der Waals surface area contributed by atoms with Crippen molar-refractivity contribution in [3.05, 3.63) is 46.7 Å². The maximum Gasteiger partial charge on any atom is 0.272 e. The molecule has 5 rings (SSSR count). The van der Waals surface area contributed by atoms with Gasteiger partial charge < -0.3 is 15.0 Å². The second-order valence-electron chi connectivity index (χ2n) is 7.14. The first-order valence-electron chi connectivity index (χ1n) is 9.04. The van der Waals surface area contributed by atoms with Gasteiger partial charge in [0.1, 0.15) is 11.4 Å². The Labute approximate surface area is 158 Å². The van der Waals surface area contributed by atoms with Gasteiger partial charge in [0.15, 0.2) is 6.73 Å². The molecular weight excluding hydrogens is 352 g/mol. The fourth-order valence-electron chi connectivity index (χ4n) is 3.77. The second kappa shape index (κ2) is 7.29. The molecule has 2 bridgehead atoms. The van der Waals surface area contributed by atoms with E-state index in [1.807, 2.05) is 25.1 Å². The molecule has 0 saturated carbocycles. The van der Waals surface area contributed by atoms with Crippen LogP contribution >= 0.6 is 11.6 Å². The lowest BCUT2D eigenvalue weighted by Gasteiger charge is -2.44. The van der Waals surface area contributed by atoms with E-state index in [0.717, 1.165) is 30.9 Å². The summed E-state index contributed by atoms with van der Waals surface area (Å²) < 4.78 is 7.34. The van der Waals surface area contributed by atoms with Crippen molar-refractivity contribution in [1.82, 2.24) is 20.0 Å². The van der Waals surface area contributed by atoms with Crippen molar-refractivity contribution in [2.75, 3.05) is 19.6 Å². The number of aryl methyl sites for hydroxylation is 1. The first-order valence-corrected chi connectivity index (χ1v) is 9.42. The normalized spacial score (nSPS) is 24.5. The van der Waals surface area contributed by atoms with Crippen LogP contribution in [-0.2, 0) is 6.73 Å². The lowest BCUT2D eigenvalue weighted by atomic mass is 9.84. The van der Waals surface area contributed by atoms with Gasteiger partial charge in [0.25, 0.3) is 5.91 Å². The molecule has 3 aliphatic rings. The highest BCUT2D eigenvalue weighted by Crippen LogP contribution is 2.27. The number of benzene rings is 1. The summed E-state index contributed by atoms with van der Waals surface area (Å²) in [6.07, 6.45) is 4.11. The average Bonchev–Trinajstić information content (AvgIpc) is 3.13. The molecule has 138 valence electrons. The van der Waals surface area contributed by atoms with Gasteiger partial charge in [-0.25, -0.2) is 4.68 Å². The Morgan fingerprint density at radius 3 is 2.85 bits per heavy atom. The highest BCUT2D eigenvalue weighted by Gasteiger charge is 2.35. The maximum absolute atomic E-state index is 12.5. The number of halogens is 1. The van der Waals surface area contributed by atoms with Crippen molar-refractivity contribution in [2.24, 2.45) is 5.92 Å². The highest BCUT2D eigenvalue weighted by molar-refractivity contribution is 6.31. The van der Waals surface area contributed by atoms with Crippen LogP contribution in [0.5, 0.6) is 5.75 Å². The molecule has 1 amide bonds. The summed E-state index contributed by atoms with van der Waals surface area (Å²) in [6.45, 7) is 5.45. The molecular formula is C19H23ClN4O2. The molecule has 7 heteroatoms. The van der Waals surface area contributed by atoms with Gasteiger partial charge in [0.2, 0.25) is 0 Å². The first kappa shape index (κ1) is 17.4. The number of nitrogens with zero attached hydrogens (tertiary/aromatic N) is 3. The van der Waals surface area contributed by atoms with Crippen LogP contribution in [-0.4, -0.2) is 46.3 Å². The van der Waals surface area contributed by atoms with E-state index in [-0.39, 0.29) is 18.7 Å². The van der Waals surface area contributed by atoms with E-state index in [0.29, 0.717) is 16.6 Å². The number of hydrogen-bond donors (Lipinski definition) is 1. The van der Waals surface area contributed by atoms with Gasteiger partial charge in [-0.1, -0.05) is 11.6 Å². The Kier molecular flexibility index (Phi) is 4.87. The van der Waals surface area contributed by atoms with Gasteiger partial charge in [-0.3, -0.25) is 4.79 Å². The topological polar surface area (TPSA) is 59.4 Å². The van der Waals surface area contributed by atoms with Gasteiger partial charge >= 0.3 is 0 Å². The van der Waals surface area contributed by atoms with Gasteiger partial charge in [-0.2, -0.15) is 5.10 Å². The van der Waals surface area contributed by atoms with Crippen molar-refractivity contribution >= 4 is 17.5 Å². The number of fused-ring (bicyclic) bond motifs is 3. The van der Waals surface area contributed by atoms with Crippen molar-refractivity contribution < 1.29 is 9.53 Å². The molecule has 1 N–H and O–H groups in total. The third-order valence-electron chi connectivity index (χ3n) is 5.34. The monoisotopic (exact) mass is 374 g/mol. The SMILES string of the molecule is Cc1cc(OCn2ccc(C(=O)NC3CN4CCC3CC4)n2)ccc1Cl. The number of aromatic nitrogens is 2. The molecule has 6 nitrogen and oxygen atoms in total. The molecule has 3 saturated heterocycles. The Balaban J connectivity index is 1.33. The van der Waals surface area contributed by atoms with E-state index in [4.69, 9.17) is 16.3 Å². The summed E-state index contributed by atoms with van der Waals surface area (Å²) in [4.78, 5) is 14.9. The fourth-order valence-corrected chi connectivity index (χ4v) is 3.89. The number of carbonyl (C=O) groups excluding carboxylic acids is 1. The van der Waals surface area contributed by atoms with Crippen molar-refractivity contribution in [2.45, 2.75) is 32.5 Å². The molecule has 0 aliphatic carbocycles. The van der Waals surface area contributed by atoms with Gasteiger partial charge in [0.05, 0.1) is 0 Å². The molecule has 1 aromatic carbocycles. The first-order chi connectivity index (χ1) is 12.6. The molecule has 0 radical (unpaired) electrons. The van der Waals surface area contributed by atoms with E-state index in [1.165, 1.54) is 12.8 Å². The van der Waals surface area contributed by atoms with E-state index < -0.39 is 0 Å². The summed E-state index contributed by atoms with van der Waals surface area (Å²) in [5, 5.41) is 8.20. The zero-order valence-electron chi connectivity index (χ0n) is 14.8. The number of hydrogen-bond acceptors (Lipinski definition) is 4. The van der Waals surface area contributed by atoms with Crippen molar-refractivity contribution in [1.29, 1.82) is 0 Å². The maximum atomic E-state index is 12.5. The quantitative estimate of drug-likeness (QED) is 0.874. The Bertz CT molecular complexity index is 799. The zero-order chi connectivity index (χ0) is 18.1. The minimum atomic E-state index is -0.107. The van der Waals surface area contributed by atoms with E-state index in [1.54, 1.807) is 16.9 Å². The summed E-state index contributed by atoms with van der Waals surface area (Å²) in [5.41, 5.74) is 1.39. The van der Waals surface area contributed by atoms with Crippen LogP contribution in [0.2, 0.25) is 5.02 Å². The minimum Gasteiger partial charge on any atom is -0.471 e. The summed E-state index contributed by atoms with van der Waals surface area (Å²) in [5.74, 6) is 1.22. The van der Waals surface area contributed by atoms with Crippen LogP contribution in [0.15, 0.2) is 30.5 Å². The third-order valence-corrected chi connectivity index (χ3v) is 5.76. The standard InChI is InChI=1S/C19H23ClN4O2/c1-13-10-15(2-3-16(13)20)26-12-24-9-6-17(22-24)19(25)21-18-11-23-7-4-14(18)5-8-23/h2-3,6,9-10,14,18H,4-5,7-8,11-12H2,1H3,(H,21,25). The van der Waals surface area contributed by atoms with Crippen LogP contribution in [0.3, 0.4) is 0 Å². The number of ether oxygens (including phenoxy) is 1. The van der Waals surface area contributed by atoms with Crippen LogP contribution < -0.4 is 10.1 Å². The number of carbonyl (C=O) groups is 1. The third kappa shape index (κ3) is 3.71. The summed E-state index contributed by atoms with van der Waals surface area (Å²) in [6, 6.07) is 7.48. The van der Waals surface area contributed by atoms with Crippen LogP contribution in [0.25, 0.3) is 0 Å². The Morgan fingerprint density at radius 1 is 1.35 bits per heavy atom. The van der Waals surface area contributed by atoms with Gasteiger partial charge in [0, 0.05) is 23.8 Å². The molecule has 4 heterocycles. The zero-order valence-corrected chi connectivity index (χ0v) is 15.6. The molecule has 26 heavy (non-hydrogen) atoms. The Hall–Kier alpha value is -2.05. The largest absolute Gasteiger partial charge is 0.471 e. The highest BCUT2D eigenvalue weighted by atomic mass is 35.5. The Morgan fingerprint density at radius 2 is 2.15 bits per heavy atom. The molecule has 2 aromatic rings. The van der Waals surface area contributed by atoms with E-state index >= 15 is 0 Å². The average molecular weight is 375 g/mol. The van der Waals surface area contributed by atoms with Crippen LogP contribution in [0, 0.1) is 12.8 Å². The van der Waals surface area contributed by atoms with Crippen molar-refractivity contribution in [3.63, 3.8) is 0 Å². The molecule has 3 fully saturated rings. The lowest BCUT2D eigenvalue weighted by molar-refractivity contribution is 0.0617. The number of rotatable bonds is 5. The van der Waals surface area contributed by atoms with Crippen molar-refractivity contribution in [3.8, 4) is 5.75 Å². The number of piperidine rings is 3. The van der Waals surface area contributed by atoms with Gasteiger partial charge in [-0.15, -0.1) is 0 Å². The van der Waals surface area contributed by atoms with Gasteiger partial charge in [-0.05, 0) is 68.6 Å². The fraction of sp³-hybridized carbons (Fsp3) is 0.474. The summed E-state index contributed by atoms with van der Waals surface area (Å²) in [7, 11) is 0. The molecule has 1 atom stereocenters. The molecule has 1 aromatic heterocycles. The van der Waals surface area contributed by atoms with Crippen LogP contribution in [0.4, 0.5) is 0 Å². The summed E-state index contributed by atoms with van der Waals surface area (Å²) >= 11 is 6.02. The molecule has 1 unspecified atom stereocenters. The smallest absolute Gasteiger partial charge is 0.272 e. The molecule has 3 aliphatic heterocycles. The second-order valence-corrected chi connectivity index (χ2v) is 7.55. The number of nitrogens with one attached hydrogen (secondary N) is 1. The lowest BCUT2D eigenvalue weighted by Crippen LogP contribution is -2.57. The van der Waals surface area contributed by atoms with E-state index in [2.05, 4.69) is 15.3 Å². The number of amides is 1.